The average molecular weight is 436 g/mol. The van der Waals surface area contributed by atoms with Crippen LogP contribution in [0.3, 0.4) is 0 Å². The summed E-state index contributed by atoms with van der Waals surface area (Å²) in [5, 5.41) is 0.820. The first kappa shape index (κ1) is 20.4. The fourth-order valence-corrected chi connectivity index (χ4v) is 7.50. The summed E-state index contributed by atoms with van der Waals surface area (Å²) in [5.74, 6) is 0.343. The van der Waals surface area contributed by atoms with Crippen molar-refractivity contribution in [2.24, 2.45) is 17.6 Å². The largest absolute Gasteiger partial charge is 0.378 e. The first-order chi connectivity index (χ1) is 15.6. The third-order valence-electron chi connectivity index (χ3n) is 8.68. The minimum Gasteiger partial charge on any atom is -0.378 e. The molecule has 4 aliphatic rings. The minimum absolute atomic E-state index is 0.299. The Hall–Kier alpha value is -2.18. The number of primary amides is 1. The Morgan fingerprint density at radius 2 is 1.56 bits per heavy atom. The van der Waals surface area contributed by atoms with E-state index in [9.17, 15) is 9.59 Å². The molecule has 6 nitrogen and oxygen atoms in total. The summed E-state index contributed by atoms with van der Waals surface area (Å²) < 4.78 is 8.27. The molecule has 170 valence electrons. The maximum atomic E-state index is 12.5. The summed E-state index contributed by atoms with van der Waals surface area (Å²) in [6.45, 7) is 1.59. The van der Waals surface area contributed by atoms with Crippen molar-refractivity contribution >= 4 is 22.6 Å². The van der Waals surface area contributed by atoms with E-state index in [4.69, 9.17) is 10.5 Å². The normalized spacial score (nSPS) is 35.0. The van der Waals surface area contributed by atoms with Crippen molar-refractivity contribution in [2.45, 2.75) is 75.5 Å². The number of carbonyl (C=O) groups is 2. The van der Waals surface area contributed by atoms with E-state index in [0.29, 0.717) is 29.7 Å². The summed E-state index contributed by atoms with van der Waals surface area (Å²) in [5.41, 5.74) is 6.78. The molecule has 2 aliphatic heterocycles. The molecule has 1 amide bonds. The van der Waals surface area contributed by atoms with Crippen molar-refractivity contribution < 1.29 is 14.3 Å². The van der Waals surface area contributed by atoms with Crippen molar-refractivity contribution in [1.29, 1.82) is 0 Å². The quantitative estimate of drug-likeness (QED) is 0.587. The molecular weight excluding hydrogens is 402 g/mol. The van der Waals surface area contributed by atoms with Crippen molar-refractivity contribution in [3.63, 3.8) is 0 Å². The van der Waals surface area contributed by atoms with Crippen LogP contribution in [0.25, 0.3) is 10.9 Å². The Balaban J connectivity index is 1.30. The monoisotopic (exact) mass is 435 g/mol. The number of ketones is 1. The summed E-state index contributed by atoms with van der Waals surface area (Å²) >= 11 is 0. The van der Waals surface area contributed by atoms with Crippen LogP contribution in [0.2, 0.25) is 0 Å². The van der Waals surface area contributed by atoms with Gasteiger partial charge < -0.3 is 15.0 Å². The molecule has 2 aliphatic carbocycles. The molecule has 3 heterocycles. The van der Waals surface area contributed by atoms with Gasteiger partial charge in [-0.15, -0.1) is 0 Å². The maximum Gasteiger partial charge on any atom is 0.289 e. The lowest BCUT2D eigenvalue weighted by Crippen LogP contribution is -2.61. The van der Waals surface area contributed by atoms with Crippen LogP contribution in [-0.4, -0.2) is 52.5 Å². The molecule has 6 rings (SSSR count). The molecule has 1 aromatic carbocycles. The molecule has 6 atom stereocenters. The second-order valence-electron chi connectivity index (χ2n) is 10.6. The topological polar surface area (TPSA) is 77.6 Å². The van der Waals surface area contributed by atoms with E-state index in [2.05, 4.69) is 9.47 Å². The second-order valence-corrected chi connectivity index (χ2v) is 10.6. The van der Waals surface area contributed by atoms with E-state index in [1.54, 1.807) is 0 Å². The standard InChI is InChI=1S/C26H33N3O3/c27-26(31)25(30)23-13-28(24-7-2-1-6-22(23)24)18-11-20-14-32-15-21(12-18)29(20)19-9-16-4-3-5-17(8-16)10-19/h1-2,6-7,13,16-21H,3-5,8-12,14-15H2,(H2,27,31)/t16-,17+,18-,19+,20-,21+. The molecule has 0 spiro atoms. The molecule has 0 radical (unpaired) electrons. The van der Waals surface area contributed by atoms with Crippen LogP contribution >= 0.6 is 0 Å². The van der Waals surface area contributed by atoms with Crippen molar-refractivity contribution in [3.05, 3.63) is 36.0 Å². The third-order valence-corrected chi connectivity index (χ3v) is 8.68. The highest BCUT2D eigenvalue weighted by atomic mass is 16.5. The molecule has 2 saturated carbocycles. The third kappa shape index (κ3) is 3.39. The average Bonchev–Trinajstić information content (AvgIpc) is 3.17. The van der Waals surface area contributed by atoms with E-state index in [1.807, 2.05) is 30.5 Å². The fourth-order valence-electron chi connectivity index (χ4n) is 7.50. The molecular formula is C26H33N3O3. The van der Waals surface area contributed by atoms with Crippen LogP contribution in [-0.2, 0) is 9.53 Å². The van der Waals surface area contributed by atoms with Crippen LogP contribution in [0, 0.1) is 11.8 Å². The van der Waals surface area contributed by atoms with Gasteiger partial charge in [0.25, 0.3) is 11.7 Å². The molecule has 2 aromatic rings. The number of para-hydroxylation sites is 1. The van der Waals surface area contributed by atoms with Gasteiger partial charge in [0.05, 0.1) is 18.8 Å². The minimum atomic E-state index is -0.893. The van der Waals surface area contributed by atoms with Crippen LogP contribution in [0.4, 0.5) is 0 Å². The lowest BCUT2D eigenvalue weighted by atomic mass is 9.69. The Bertz CT molecular complexity index is 1020. The number of benzene rings is 1. The van der Waals surface area contributed by atoms with E-state index in [-0.39, 0.29) is 0 Å². The van der Waals surface area contributed by atoms with Gasteiger partial charge in [-0.25, -0.2) is 0 Å². The highest BCUT2D eigenvalue weighted by molar-refractivity contribution is 6.44. The summed E-state index contributed by atoms with van der Waals surface area (Å²) in [4.78, 5) is 27.0. The molecule has 6 heteroatoms. The summed E-state index contributed by atoms with van der Waals surface area (Å²) in [7, 11) is 0. The molecule has 2 saturated heterocycles. The molecule has 2 N–H and O–H groups in total. The second kappa shape index (κ2) is 7.99. The molecule has 0 unspecified atom stereocenters. The van der Waals surface area contributed by atoms with Crippen LogP contribution in [0.1, 0.15) is 67.8 Å². The highest BCUT2D eigenvalue weighted by Gasteiger charge is 2.45. The zero-order valence-electron chi connectivity index (χ0n) is 18.6. The Labute approximate surface area is 189 Å². The van der Waals surface area contributed by atoms with Crippen LogP contribution in [0.5, 0.6) is 0 Å². The maximum absolute atomic E-state index is 12.5. The van der Waals surface area contributed by atoms with Gasteiger partial charge in [0.2, 0.25) is 0 Å². The first-order valence-electron chi connectivity index (χ1n) is 12.4. The predicted molar refractivity (Wildman–Crippen MR) is 122 cm³/mol. The molecule has 4 fully saturated rings. The summed E-state index contributed by atoms with van der Waals surface area (Å²) in [6, 6.07) is 9.73. The number of aromatic nitrogens is 1. The number of carbonyl (C=O) groups excluding carboxylic acids is 2. The zero-order chi connectivity index (χ0) is 21.8. The number of amides is 1. The number of nitrogens with two attached hydrogens (primary N) is 1. The molecule has 4 bridgehead atoms. The SMILES string of the molecule is NC(=O)C(=O)c1cn([C@H]2C[C@H]3COC[C@@H](C2)N3[C@H]2C[C@@H]3CCC[C@@H](C3)C2)c2ccccc12. The molecule has 32 heavy (non-hydrogen) atoms. The number of nitrogens with zero attached hydrogens (tertiary/aromatic N) is 2. The number of hydrogen-bond donors (Lipinski definition) is 1. The van der Waals surface area contributed by atoms with Gasteiger partial charge >= 0.3 is 0 Å². The first-order valence-corrected chi connectivity index (χ1v) is 12.4. The van der Waals surface area contributed by atoms with E-state index in [1.165, 1.54) is 38.5 Å². The Morgan fingerprint density at radius 3 is 2.25 bits per heavy atom. The number of rotatable bonds is 4. The number of fused-ring (bicyclic) bond motifs is 5. The number of Topliss-reactive ketones (excluding diaryl/α,β-unsaturated/α-hetero) is 1. The van der Waals surface area contributed by atoms with Crippen molar-refractivity contribution in [3.8, 4) is 0 Å². The van der Waals surface area contributed by atoms with Crippen molar-refractivity contribution in [2.75, 3.05) is 13.2 Å². The highest BCUT2D eigenvalue weighted by Crippen LogP contribution is 2.46. The number of morpholine rings is 1. The van der Waals surface area contributed by atoms with E-state index >= 15 is 0 Å². The van der Waals surface area contributed by atoms with Gasteiger partial charge in [0.15, 0.2) is 0 Å². The fraction of sp³-hybridized carbons (Fsp3) is 0.615. The lowest BCUT2D eigenvalue weighted by molar-refractivity contribution is -0.118. The van der Waals surface area contributed by atoms with Gasteiger partial charge in [0, 0.05) is 41.3 Å². The number of piperidine rings is 1. The van der Waals surface area contributed by atoms with Crippen molar-refractivity contribution in [1.82, 2.24) is 9.47 Å². The lowest BCUT2D eigenvalue weighted by Gasteiger charge is -2.55. The Kier molecular flexibility index (Phi) is 5.10. The number of hydrogen-bond acceptors (Lipinski definition) is 4. The Morgan fingerprint density at radius 1 is 0.875 bits per heavy atom. The van der Waals surface area contributed by atoms with Gasteiger partial charge in [-0.05, 0) is 50.0 Å². The van der Waals surface area contributed by atoms with Gasteiger partial charge in [-0.3, -0.25) is 14.5 Å². The van der Waals surface area contributed by atoms with Crippen LogP contribution < -0.4 is 5.73 Å². The molecule has 1 aromatic heterocycles. The number of ether oxygens (including phenoxy) is 1. The van der Waals surface area contributed by atoms with E-state index < -0.39 is 11.7 Å². The predicted octanol–water partition coefficient (Wildman–Crippen LogP) is 3.68. The van der Waals surface area contributed by atoms with E-state index in [0.717, 1.165) is 48.8 Å². The van der Waals surface area contributed by atoms with Gasteiger partial charge in [0.1, 0.15) is 0 Å². The zero-order valence-corrected chi connectivity index (χ0v) is 18.6. The van der Waals surface area contributed by atoms with Crippen LogP contribution in [0.15, 0.2) is 30.5 Å². The van der Waals surface area contributed by atoms with Gasteiger partial charge in [-0.1, -0.05) is 37.5 Å². The van der Waals surface area contributed by atoms with Gasteiger partial charge in [-0.2, -0.15) is 0 Å². The summed E-state index contributed by atoms with van der Waals surface area (Å²) in [6.07, 6.45) is 12.3. The smallest absolute Gasteiger partial charge is 0.289 e.